The third-order valence-electron chi connectivity index (χ3n) is 4.91. The van der Waals surface area contributed by atoms with E-state index in [0.29, 0.717) is 16.1 Å². The Bertz CT molecular complexity index is 731. The zero-order chi connectivity index (χ0) is 20.1. The van der Waals surface area contributed by atoms with Crippen LogP contribution < -0.4 is 5.32 Å². The predicted molar refractivity (Wildman–Crippen MR) is 108 cm³/mol. The third kappa shape index (κ3) is 5.61. The average molecular weight is 414 g/mol. The summed E-state index contributed by atoms with van der Waals surface area (Å²) in [5, 5.41) is 12.3. The standard InChI is InChI=1S/C19H25Cl2N3O3/c1-12(22-19(27)24(3)14-8-10-23(2)11-9-14)15-6-4-13(5-7-16(25)26)17(20)18(15)21/h4-7,12,14H,8-11H2,1-3H3,(H,22,27)(H,25,26). The molecule has 148 valence electrons. The second-order valence-electron chi connectivity index (χ2n) is 6.86. The molecule has 6 nitrogen and oxygen atoms in total. The van der Waals surface area contributed by atoms with Crippen molar-refractivity contribution in [3.8, 4) is 0 Å². The van der Waals surface area contributed by atoms with Gasteiger partial charge in [0.2, 0.25) is 0 Å². The highest BCUT2D eigenvalue weighted by atomic mass is 35.5. The molecule has 1 aliphatic heterocycles. The molecule has 2 amide bonds. The van der Waals surface area contributed by atoms with Crippen LogP contribution in [0, 0.1) is 0 Å². The number of amides is 2. The molecule has 8 heteroatoms. The van der Waals surface area contributed by atoms with Crippen LogP contribution >= 0.6 is 23.2 Å². The SMILES string of the molecule is CC(NC(=O)N(C)C1CCN(C)CC1)c1ccc(C=CC(=O)O)c(Cl)c1Cl. The van der Waals surface area contributed by atoms with Crippen LogP contribution in [0.4, 0.5) is 4.79 Å². The summed E-state index contributed by atoms with van der Waals surface area (Å²) in [4.78, 5) is 27.3. The average Bonchev–Trinajstić information content (AvgIpc) is 2.62. The Hall–Kier alpha value is -1.76. The maximum Gasteiger partial charge on any atom is 0.328 e. The fourth-order valence-electron chi connectivity index (χ4n) is 3.12. The Morgan fingerprint density at radius 3 is 2.52 bits per heavy atom. The van der Waals surface area contributed by atoms with Gasteiger partial charge in [0, 0.05) is 19.2 Å². The molecule has 1 aliphatic rings. The lowest BCUT2D eigenvalue weighted by Crippen LogP contribution is -2.48. The number of likely N-dealkylation sites (tertiary alicyclic amines) is 1. The molecule has 1 aromatic carbocycles. The minimum absolute atomic E-state index is 0.154. The van der Waals surface area contributed by atoms with Gasteiger partial charge < -0.3 is 20.2 Å². The second-order valence-corrected chi connectivity index (χ2v) is 7.62. The Balaban J connectivity index is 2.06. The number of carboxylic acid groups (broad SMARTS) is 1. The van der Waals surface area contributed by atoms with Gasteiger partial charge in [-0.2, -0.15) is 0 Å². The van der Waals surface area contributed by atoms with Crippen molar-refractivity contribution in [2.75, 3.05) is 27.2 Å². The lowest BCUT2D eigenvalue weighted by atomic mass is 10.0. The third-order valence-corrected chi connectivity index (χ3v) is 5.82. The van der Waals surface area contributed by atoms with E-state index < -0.39 is 5.97 Å². The number of nitrogens with one attached hydrogen (secondary N) is 1. The van der Waals surface area contributed by atoms with E-state index in [1.54, 1.807) is 17.0 Å². The van der Waals surface area contributed by atoms with Crippen molar-refractivity contribution >= 4 is 41.3 Å². The van der Waals surface area contributed by atoms with E-state index in [4.69, 9.17) is 28.3 Å². The van der Waals surface area contributed by atoms with Crippen molar-refractivity contribution in [2.45, 2.75) is 31.8 Å². The molecule has 1 atom stereocenters. The zero-order valence-corrected chi connectivity index (χ0v) is 17.2. The van der Waals surface area contributed by atoms with Crippen molar-refractivity contribution in [3.63, 3.8) is 0 Å². The number of rotatable bonds is 5. The number of piperidine rings is 1. The normalized spacial score (nSPS) is 17.1. The number of aliphatic carboxylic acids is 1. The molecule has 2 rings (SSSR count). The maximum absolute atomic E-state index is 12.6. The van der Waals surface area contributed by atoms with E-state index in [-0.39, 0.29) is 23.1 Å². The molecule has 1 aromatic rings. The minimum atomic E-state index is -1.07. The Morgan fingerprint density at radius 1 is 1.30 bits per heavy atom. The van der Waals surface area contributed by atoms with Gasteiger partial charge in [-0.3, -0.25) is 0 Å². The molecular formula is C19H25Cl2N3O3. The highest BCUT2D eigenvalue weighted by Gasteiger charge is 2.25. The molecule has 0 aromatic heterocycles. The minimum Gasteiger partial charge on any atom is -0.478 e. The van der Waals surface area contributed by atoms with Crippen LogP contribution in [0.2, 0.25) is 10.0 Å². The van der Waals surface area contributed by atoms with Gasteiger partial charge >= 0.3 is 12.0 Å². The molecule has 1 fully saturated rings. The van der Waals surface area contributed by atoms with Crippen LogP contribution in [0.5, 0.6) is 0 Å². The molecule has 1 heterocycles. The predicted octanol–water partition coefficient (Wildman–Crippen LogP) is 3.89. The first-order chi connectivity index (χ1) is 12.7. The Morgan fingerprint density at radius 2 is 1.93 bits per heavy atom. The molecule has 1 saturated heterocycles. The number of benzene rings is 1. The molecule has 0 bridgehead atoms. The van der Waals surface area contributed by atoms with Crippen molar-refractivity contribution in [1.82, 2.24) is 15.1 Å². The molecule has 0 radical (unpaired) electrons. The molecule has 0 spiro atoms. The van der Waals surface area contributed by atoms with Gasteiger partial charge in [-0.05, 0) is 57.1 Å². The van der Waals surface area contributed by atoms with Crippen LogP contribution in [0.1, 0.15) is 36.9 Å². The quantitative estimate of drug-likeness (QED) is 0.718. The summed E-state index contributed by atoms with van der Waals surface area (Å²) in [6.45, 7) is 3.79. The van der Waals surface area contributed by atoms with Gasteiger partial charge in [-0.15, -0.1) is 0 Å². The van der Waals surface area contributed by atoms with Gasteiger partial charge in [0.05, 0.1) is 16.1 Å². The number of hydrogen-bond donors (Lipinski definition) is 2. The first-order valence-electron chi connectivity index (χ1n) is 8.81. The van der Waals surface area contributed by atoms with Crippen LogP contribution in [-0.4, -0.2) is 60.1 Å². The van der Waals surface area contributed by atoms with Crippen molar-refractivity contribution in [2.24, 2.45) is 0 Å². The fourth-order valence-corrected chi connectivity index (χ4v) is 3.69. The lowest BCUT2D eigenvalue weighted by molar-refractivity contribution is -0.131. The Kier molecular flexibility index (Phi) is 7.53. The number of carbonyl (C=O) groups is 2. The number of carboxylic acids is 1. The van der Waals surface area contributed by atoms with Crippen LogP contribution in [0.3, 0.4) is 0 Å². The Labute approximate surface area is 169 Å². The van der Waals surface area contributed by atoms with Gasteiger partial charge in [0.15, 0.2) is 0 Å². The summed E-state index contributed by atoms with van der Waals surface area (Å²) >= 11 is 12.6. The smallest absolute Gasteiger partial charge is 0.328 e. The van der Waals surface area contributed by atoms with Gasteiger partial charge in [0.1, 0.15) is 0 Å². The maximum atomic E-state index is 12.6. The van der Waals surface area contributed by atoms with Crippen LogP contribution in [-0.2, 0) is 4.79 Å². The first-order valence-corrected chi connectivity index (χ1v) is 9.57. The van der Waals surface area contributed by atoms with Gasteiger partial charge in [-0.25, -0.2) is 9.59 Å². The number of carbonyl (C=O) groups excluding carboxylic acids is 1. The molecule has 2 N–H and O–H groups in total. The molecule has 0 saturated carbocycles. The van der Waals surface area contributed by atoms with Crippen molar-refractivity contribution < 1.29 is 14.7 Å². The van der Waals surface area contributed by atoms with Crippen LogP contribution in [0.25, 0.3) is 6.08 Å². The van der Waals surface area contributed by atoms with E-state index in [1.165, 1.54) is 6.08 Å². The first kappa shape index (κ1) is 21.5. The highest BCUT2D eigenvalue weighted by Crippen LogP contribution is 2.33. The van der Waals surface area contributed by atoms with E-state index in [2.05, 4.69) is 17.3 Å². The fraction of sp³-hybridized carbons (Fsp3) is 0.474. The second kappa shape index (κ2) is 9.44. The number of hydrogen-bond acceptors (Lipinski definition) is 3. The number of urea groups is 1. The summed E-state index contributed by atoms with van der Waals surface area (Å²) in [6, 6.07) is 3.16. The number of nitrogens with zero attached hydrogens (tertiary/aromatic N) is 2. The van der Waals surface area contributed by atoms with E-state index in [0.717, 1.165) is 32.0 Å². The topological polar surface area (TPSA) is 72.9 Å². The van der Waals surface area contributed by atoms with E-state index in [9.17, 15) is 9.59 Å². The van der Waals surface area contributed by atoms with Gasteiger partial charge in [0.25, 0.3) is 0 Å². The number of halogens is 2. The largest absolute Gasteiger partial charge is 0.478 e. The molecular weight excluding hydrogens is 389 g/mol. The summed E-state index contributed by atoms with van der Waals surface area (Å²) in [6.07, 6.45) is 4.29. The van der Waals surface area contributed by atoms with Gasteiger partial charge in [-0.1, -0.05) is 35.3 Å². The highest BCUT2D eigenvalue weighted by molar-refractivity contribution is 6.43. The summed E-state index contributed by atoms with van der Waals surface area (Å²) < 4.78 is 0. The summed E-state index contributed by atoms with van der Waals surface area (Å²) in [5.41, 5.74) is 1.19. The molecule has 0 aliphatic carbocycles. The van der Waals surface area contributed by atoms with E-state index in [1.807, 2.05) is 14.0 Å². The summed E-state index contributed by atoms with van der Waals surface area (Å²) in [7, 11) is 3.89. The van der Waals surface area contributed by atoms with Crippen molar-refractivity contribution in [3.05, 3.63) is 39.4 Å². The zero-order valence-electron chi connectivity index (χ0n) is 15.7. The van der Waals surface area contributed by atoms with E-state index >= 15 is 0 Å². The monoisotopic (exact) mass is 413 g/mol. The summed E-state index contributed by atoms with van der Waals surface area (Å²) in [5.74, 6) is -1.07. The van der Waals surface area contributed by atoms with Crippen LogP contribution in [0.15, 0.2) is 18.2 Å². The molecule has 27 heavy (non-hydrogen) atoms. The van der Waals surface area contributed by atoms with Crippen molar-refractivity contribution in [1.29, 1.82) is 0 Å². The lowest BCUT2D eigenvalue weighted by Gasteiger charge is -2.35. The molecule has 1 unspecified atom stereocenters.